The fourth-order valence-electron chi connectivity index (χ4n) is 1.83. The van der Waals surface area contributed by atoms with Crippen LogP contribution >= 0.6 is 11.3 Å². The summed E-state index contributed by atoms with van der Waals surface area (Å²) >= 11 is 1.34. The van der Waals surface area contributed by atoms with Gasteiger partial charge in [-0.2, -0.15) is 0 Å². The van der Waals surface area contributed by atoms with Gasteiger partial charge >= 0.3 is 7.12 Å². The number of rotatable bonds is 6. The van der Waals surface area contributed by atoms with E-state index in [9.17, 15) is 9.82 Å². The van der Waals surface area contributed by atoms with Crippen LogP contribution in [0.4, 0.5) is 0 Å². The zero-order chi connectivity index (χ0) is 15.8. The summed E-state index contributed by atoms with van der Waals surface area (Å²) in [7, 11) is -1.08. The molecule has 0 aromatic carbocycles. The highest BCUT2D eigenvalue weighted by Crippen LogP contribution is 2.12. The maximum absolute atomic E-state index is 12.4. The van der Waals surface area contributed by atoms with Gasteiger partial charge in [0.05, 0.1) is 17.4 Å². The van der Waals surface area contributed by atoms with Gasteiger partial charge in [-0.3, -0.25) is 4.79 Å². The lowest BCUT2D eigenvalue weighted by atomic mass is 9.77. The van der Waals surface area contributed by atoms with E-state index in [0.29, 0.717) is 17.9 Å². The maximum atomic E-state index is 12.4. The molecule has 2 rings (SSSR count). The summed E-state index contributed by atoms with van der Waals surface area (Å²) in [6.07, 6.45) is 4.08. The molecule has 1 aromatic rings. The summed E-state index contributed by atoms with van der Waals surface area (Å²) in [6, 6.07) is 3.53. The van der Waals surface area contributed by atoms with Crippen molar-refractivity contribution in [3.05, 3.63) is 34.5 Å². The van der Waals surface area contributed by atoms with Gasteiger partial charge < -0.3 is 24.9 Å². The molecule has 2 heterocycles. The summed E-state index contributed by atoms with van der Waals surface area (Å²) in [5.41, 5.74) is 0.101. The number of aliphatic hydroxyl groups excluding tert-OH is 1. The number of amides is 1. The lowest BCUT2D eigenvalue weighted by Crippen LogP contribution is -2.49. The van der Waals surface area contributed by atoms with Gasteiger partial charge in [-0.25, -0.2) is 0 Å². The Kier molecular flexibility index (Phi) is 6.59. The lowest BCUT2D eigenvalue weighted by molar-refractivity contribution is -0.115. The van der Waals surface area contributed by atoms with E-state index in [-0.39, 0.29) is 18.9 Å². The summed E-state index contributed by atoms with van der Waals surface area (Å²) in [6.45, 7) is 0.113. The highest BCUT2D eigenvalue weighted by atomic mass is 32.1. The van der Waals surface area contributed by atoms with Crippen LogP contribution in [0.5, 0.6) is 0 Å². The van der Waals surface area contributed by atoms with Crippen LogP contribution in [0.1, 0.15) is 11.3 Å². The molecule has 0 saturated heterocycles. The molecule has 3 N–H and O–H groups in total. The van der Waals surface area contributed by atoms with Gasteiger partial charge in [-0.15, -0.1) is 11.3 Å². The fraction of sp³-hybridized carbons (Fsp3) is 0.385. The van der Waals surface area contributed by atoms with Crippen LogP contribution in [0.3, 0.4) is 0 Å². The standard InChI is InChI=1S/C13H17BN2O5S/c17-6-8-21-16-12(10-4-3-9-22-10)13(18)15-11-5-1-2-7-20-14(11)19/h1-4,9,11,17,19H,5-8H2,(H,15,18)/b16-12+. The van der Waals surface area contributed by atoms with Crippen molar-refractivity contribution in [1.82, 2.24) is 5.32 Å². The van der Waals surface area contributed by atoms with Crippen molar-refractivity contribution in [1.29, 1.82) is 0 Å². The lowest BCUT2D eigenvalue weighted by Gasteiger charge is -2.17. The molecule has 0 saturated carbocycles. The largest absolute Gasteiger partial charge is 0.478 e. The Morgan fingerprint density at radius 3 is 3.18 bits per heavy atom. The van der Waals surface area contributed by atoms with Gasteiger partial charge in [0.1, 0.15) is 6.61 Å². The monoisotopic (exact) mass is 324 g/mol. The van der Waals surface area contributed by atoms with Gasteiger partial charge in [-0.05, 0) is 17.9 Å². The van der Waals surface area contributed by atoms with Crippen LogP contribution in [0.2, 0.25) is 0 Å². The van der Waals surface area contributed by atoms with E-state index in [1.165, 1.54) is 11.3 Å². The molecule has 22 heavy (non-hydrogen) atoms. The number of carbonyl (C=O) groups is 1. The summed E-state index contributed by atoms with van der Waals surface area (Å²) in [4.78, 5) is 17.9. The molecule has 1 unspecified atom stereocenters. The fourth-order valence-corrected chi connectivity index (χ4v) is 2.53. The van der Waals surface area contributed by atoms with Crippen molar-refractivity contribution in [3.63, 3.8) is 0 Å². The van der Waals surface area contributed by atoms with E-state index in [1.807, 2.05) is 11.5 Å². The highest BCUT2D eigenvalue weighted by Gasteiger charge is 2.30. The second-order valence-electron chi connectivity index (χ2n) is 4.48. The van der Waals surface area contributed by atoms with Crippen LogP contribution in [0, 0.1) is 0 Å². The topological polar surface area (TPSA) is 100 Å². The first kappa shape index (κ1) is 16.7. The second-order valence-corrected chi connectivity index (χ2v) is 5.43. The van der Waals surface area contributed by atoms with Crippen molar-refractivity contribution in [2.24, 2.45) is 5.16 Å². The molecule has 9 heteroatoms. The van der Waals surface area contributed by atoms with Crippen LogP contribution in [0.15, 0.2) is 34.8 Å². The van der Waals surface area contributed by atoms with Gasteiger partial charge in [0.25, 0.3) is 5.91 Å². The number of nitrogens with one attached hydrogen (secondary N) is 1. The van der Waals surface area contributed by atoms with E-state index in [4.69, 9.17) is 14.6 Å². The number of aliphatic hydroxyl groups is 1. The molecule has 0 fully saturated rings. The number of nitrogens with zero attached hydrogens (tertiary/aromatic N) is 1. The molecule has 0 spiro atoms. The molecule has 0 radical (unpaired) electrons. The molecule has 1 aromatic heterocycles. The first-order chi connectivity index (χ1) is 10.7. The predicted octanol–water partition coefficient (Wildman–Crippen LogP) is -0.0579. The smallest absolute Gasteiger partial charge is 0.426 e. The first-order valence-corrected chi connectivity index (χ1v) is 7.70. The van der Waals surface area contributed by atoms with Crippen molar-refractivity contribution < 1.29 is 24.4 Å². The Labute approximate surface area is 132 Å². The zero-order valence-corrected chi connectivity index (χ0v) is 12.7. The molecular formula is C13H17BN2O5S. The van der Waals surface area contributed by atoms with Crippen LogP contribution in [0.25, 0.3) is 0 Å². The Morgan fingerprint density at radius 2 is 2.45 bits per heavy atom. The normalized spacial score (nSPS) is 18.9. The average molecular weight is 324 g/mol. The minimum Gasteiger partial charge on any atom is -0.426 e. The second kappa shape index (κ2) is 8.69. The van der Waals surface area contributed by atoms with Crippen molar-refractivity contribution in [3.8, 4) is 0 Å². The Bertz CT molecular complexity index is 535. The maximum Gasteiger partial charge on any atom is 0.478 e. The Balaban J connectivity index is 2.08. The minimum absolute atomic E-state index is 0.0000572. The Morgan fingerprint density at radius 1 is 1.59 bits per heavy atom. The molecule has 118 valence electrons. The molecule has 1 aliphatic heterocycles. The van der Waals surface area contributed by atoms with Gasteiger partial charge in [0, 0.05) is 6.61 Å². The van der Waals surface area contributed by atoms with E-state index >= 15 is 0 Å². The number of hydrogen-bond donors (Lipinski definition) is 3. The molecule has 1 aliphatic rings. The van der Waals surface area contributed by atoms with E-state index in [2.05, 4.69) is 10.5 Å². The quantitative estimate of drug-likeness (QED) is 0.224. The molecule has 0 aliphatic carbocycles. The summed E-state index contributed by atoms with van der Waals surface area (Å²) < 4.78 is 5.14. The van der Waals surface area contributed by atoms with Crippen LogP contribution in [-0.4, -0.2) is 54.6 Å². The number of hydrogen-bond acceptors (Lipinski definition) is 7. The molecular weight excluding hydrogens is 307 g/mol. The molecule has 7 nitrogen and oxygen atoms in total. The number of carbonyl (C=O) groups excluding carboxylic acids is 1. The first-order valence-electron chi connectivity index (χ1n) is 6.82. The SMILES string of the molecule is O=C(NC1CC=CCOB1O)/C(=N/OCCO)c1cccs1. The highest BCUT2D eigenvalue weighted by molar-refractivity contribution is 7.13. The zero-order valence-electron chi connectivity index (χ0n) is 11.8. The van der Waals surface area contributed by atoms with Crippen LogP contribution in [-0.2, 0) is 14.3 Å². The number of thiophene rings is 1. The third-order valence-corrected chi connectivity index (χ3v) is 3.77. The van der Waals surface area contributed by atoms with Crippen LogP contribution < -0.4 is 5.32 Å². The molecule has 0 bridgehead atoms. The summed E-state index contributed by atoms with van der Waals surface area (Å²) in [5, 5.41) is 26.9. The van der Waals surface area contributed by atoms with E-state index < -0.39 is 19.0 Å². The third-order valence-electron chi connectivity index (χ3n) is 2.89. The summed E-state index contributed by atoms with van der Waals surface area (Å²) in [5.74, 6) is -1.03. The average Bonchev–Trinajstić information content (AvgIpc) is 2.96. The third kappa shape index (κ3) is 4.67. The van der Waals surface area contributed by atoms with Crippen molar-refractivity contribution in [2.45, 2.75) is 12.4 Å². The minimum atomic E-state index is -1.08. The van der Waals surface area contributed by atoms with Crippen molar-refractivity contribution >= 4 is 30.1 Å². The molecule has 1 amide bonds. The van der Waals surface area contributed by atoms with Gasteiger partial charge in [0.15, 0.2) is 5.71 Å². The number of oxime groups is 1. The molecule has 1 atom stereocenters. The Hall–Kier alpha value is -1.68. The van der Waals surface area contributed by atoms with E-state index in [1.54, 1.807) is 18.2 Å². The van der Waals surface area contributed by atoms with E-state index in [0.717, 1.165) is 0 Å². The van der Waals surface area contributed by atoms with Gasteiger partial charge in [0.2, 0.25) is 0 Å². The van der Waals surface area contributed by atoms with Gasteiger partial charge in [-0.1, -0.05) is 23.4 Å². The predicted molar refractivity (Wildman–Crippen MR) is 83.5 cm³/mol. The van der Waals surface area contributed by atoms with Crippen molar-refractivity contribution in [2.75, 3.05) is 19.8 Å².